The van der Waals surface area contributed by atoms with Crippen molar-refractivity contribution in [3.8, 4) is 22.8 Å². The Balaban J connectivity index is 1.11. The number of aromatic nitrogens is 5. The number of urea groups is 1. The van der Waals surface area contributed by atoms with E-state index >= 15 is 0 Å². The Morgan fingerprint density at radius 1 is 0.896 bits per heavy atom. The number of fused-ring (bicyclic) bond motifs is 2. The van der Waals surface area contributed by atoms with Crippen LogP contribution in [0.1, 0.15) is 68.1 Å². The predicted octanol–water partition coefficient (Wildman–Crippen LogP) is 9.27. The van der Waals surface area contributed by atoms with Gasteiger partial charge in [-0.05, 0) is 67.3 Å². The van der Waals surface area contributed by atoms with E-state index in [2.05, 4.69) is 47.7 Å². The monoisotopic (exact) mass is 679 g/mol. The van der Waals surface area contributed by atoms with Crippen LogP contribution in [0, 0.1) is 6.92 Å². The number of carbonyl (C=O) groups excluding carboxylic acids is 1. The molecule has 9 nitrogen and oxygen atoms in total. The minimum Gasteiger partial charge on any atom is -0.484 e. The highest BCUT2D eigenvalue weighted by molar-refractivity contribution is 6.39. The number of hydrogen-bond donors (Lipinski definition) is 2. The lowest BCUT2D eigenvalue weighted by Gasteiger charge is -2.32. The van der Waals surface area contributed by atoms with Gasteiger partial charge in [0.25, 0.3) is 0 Å². The molecule has 3 heterocycles. The van der Waals surface area contributed by atoms with Crippen molar-refractivity contribution in [1.82, 2.24) is 29.7 Å². The van der Waals surface area contributed by atoms with Gasteiger partial charge >= 0.3 is 6.03 Å². The van der Waals surface area contributed by atoms with Gasteiger partial charge in [-0.25, -0.2) is 9.48 Å². The van der Waals surface area contributed by atoms with Gasteiger partial charge in [0.2, 0.25) is 0 Å². The summed E-state index contributed by atoms with van der Waals surface area (Å²) >= 11 is 13.0. The van der Waals surface area contributed by atoms with E-state index in [0.29, 0.717) is 51.5 Å². The number of nitrogens with zero attached hydrogens (tertiary/aromatic N) is 5. The summed E-state index contributed by atoms with van der Waals surface area (Å²) < 4.78 is 10.2. The van der Waals surface area contributed by atoms with Gasteiger partial charge in [-0.15, -0.1) is 10.2 Å². The first kappa shape index (κ1) is 31.7. The first-order valence-corrected chi connectivity index (χ1v) is 16.6. The van der Waals surface area contributed by atoms with Gasteiger partial charge in [0.1, 0.15) is 17.7 Å². The molecule has 244 valence electrons. The lowest BCUT2D eigenvalue weighted by atomic mass is 9.85. The number of amides is 2. The summed E-state index contributed by atoms with van der Waals surface area (Å²) in [6.07, 6.45) is 3.02. The van der Waals surface area contributed by atoms with Crippen LogP contribution in [0.15, 0.2) is 91.1 Å². The molecule has 7 rings (SSSR count). The number of hydrogen-bond acceptors (Lipinski definition) is 5. The molecule has 2 atom stereocenters. The highest BCUT2D eigenvalue weighted by atomic mass is 35.5. The Morgan fingerprint density at radius 3 is 2.35 bits per heavy atom. The van der Waals surface area contributed by atoms with Crippen LogP contribution in [0.4, 0.5) is 10.6 Å². The highest BCUT2D eigenvalue weighted by Crippen LogP contribution is 2.40. The number of rotatable bonds is 6. The van der Waals surface area contributed by atoms with Crippen LogP contribution in [0.2, 0.25) is 10.0 Å². The van der Waals surface area contributed by atoms with Gasteiger partial charge < -0.3 is 10.1 Å². The average Bonchev–Trinajstić information content (AvgIpc) is 3.67. The standard InChI is InChI=1S/C37H35Cl2N7O2/c1-22-12-14-23(15-13-22)46-33(20-31(44-46)37(2,3)4)41-36(47)40-29-17-18-30(26-9-6-5-8-25(26)29)48-24-16-19-32-42-43-35(45(32)21-24)34-27(38)10-7-11-28(34)39/h5-16,19-21,29-30H,17-18H2,1-4H3,(H2,40,41,47)/t29-,30+/m1/s1. The molecule has 0 bridgehead atoms. The van der Waals surface area contributed by atoms with Gasteiger partial charge in [-0.3, -0.25) is 9.72 Å². The van der Waals surface area contributed by atoms with E-state index in [9.17, 15) is 4.79 Å². The topological polar surface area (TPSA) is 98.4 Å². The van der Waals surface area contributed by atoms with Crippen LogP contribution in [-0.2, 0) is 5.41 Å². The van der Waals surface area contributed by atoms with Crippen LogP contribution in [0.5, 0.6) is 5.75 Å². The van der Waals surface area contributed by atoms with Gasteiger partial charge in [0, 0.05) is 11.5 Å². The van der Waals surface area contributed by atoms with E-state index in [-0.39, 0.29) is 23.6 Å². The maximum Gasteiger partial charge on any atom is 0.320 e. The molecule has 6 aromatic rings. The lowest BCUT2D eigenvalue weighted by molar-refractivity contribution is 0.171. The minimum absolute atomic E-state index is 0.192. The number of nitrogens with one attached hydrogen (secondary N) is 2. The van der Waals surface area contributed by atoms with E-state index in [1.165, 1.54) is 0 Å². The summed E-state index contributed by atoms with van der Waals surface area (Å²) in [5, 5.41) is 20.8. The average molecular weight is 681 g/mol. The first-order valence-electron chi connectivity index (χ1n) is 15.8. The Bertz CT molecular complexity index is 2110. The number of carbonyl (C=O) groups is 1. The van der Waals surface area contributed by atoms with Crippen molar-refractivity contribution in [2.45, 2.75) is 58.1 Å². The van der Waals surface area contributed by atoms with E-state index in [1.54, 1.807) is 22.9 Å². The molecule has 0 unspecified atom stereocenters. The second-order valence-corrected chi connectivity index (χ2v) is 13.9. The van der Waals surface area contributed by atoms with Crippen molar-refractivity contribution in [2.24, 2.45) is 0 Å². The molecule has 1 aliphatic carbocycles. The zero-order valence-electron chi connectivity index (χ0n) is 27.0. The lowest BCUT2D eigenvalue weighted by Crippen LogP contribution is -2.36. The smallest absolute Gasteiger partial charge is 0.320 e. The predicted molar refractivity (Wildman–Crippen MR) is 189 cm³/mol. The molecular weight excluding hydrogens is 645 g/mol. The Hall–Kier alpha value is -4.86. The first-order chi connectivity index (χ1) is 23.0. The molecule has 3 aromatic carbocycles. The summed E-state index contributed by atoms with van der Waals surface area (Å²) in [4.78, 5) is 13.5. The molecular formula is C37H35Cl2N7O2. The van der Waals surface area contributed by atoms with Crippen LogP contribution in [-0.4, -0.2) is 30.4 Å². The molecule has 0 saturated heterocycles. The molecule has 0 spiro atoms. The zero-order valence-corrected chi connectivity index (χ0v) is 28.5. The van der Waals surface area contributed by atoms with Gasteiger partial charge in [0.05, 0.1) is 39.2 Å². The van der Waals surface area contributed by atoms with Gasteiger partial charge in [-0.1, -0.05) is 92.0 Å². The fraction of sp³-hybridized carbons (Fsp3) is 0.243. The van der Waals surface area contributed by atoms with Crippen molar-refractivity contribution < 1.29 is 9.53 Å². The molecule has 11 heteroatoms. The van der Waals surface area contributed by atoms with Crippen molar-refractivity contribution in [3.05, 3.63) is 124 Å². The Kier molecular flexibility index (Phi) is 8.35. The number of halogens is 2. The van der Waals surface area contributed by atoms with E-state index in [1.807, 2.05) is 78.2 Å². The number of aryl methyl sites for hydroxylation is 1. The van der Waals surface area contributed by atoms with Crippen molar-refractivity contribution in [3.63, 3.8) is 0 Å². The molecule has 0 saturated carbocycles. The molecule has 1 aliphatic rings. The fourth-order valence-electron chi connectivity index (χ4n) is 6.04. The number of benzene rings is 3. The Labute approximate surface area is 288 Å². The van der Waals surface area contributed by atoms with Crippen molar-refractivity contribution in [2.75, 3.05) is 5.32 Å². The Morgan fingerprint density at radius 2 is 1.62 bits per heavy atom. The second-order valence-electron chi connectivity index (χ2n) is 13.1. The molecule has 0 radical (unpaired) electrons. The summed E-state index contributed by atoms with van der Waals surface area (Å²) in [5.41, 5.74) is 6.01. The zero-order chi connectivity index (χ0) is 33.6. The van der Waals surface area contributed by atoms with E-state index in [4.69, 9.17) is 33.0 Å². The summed E-state index contributed by atoms with van der Waals surface area (Å²) in [7, 11) is 0. The van der Waals surface area contributed by atoms with Crippen molar-refractivity contribution in [1.29, 1.82) is 0 Å². The summed E-state index contributed by atoms with van der Waals surface area (Å²) in [5.74, 6) is 1.78. The minimum atomic E-state index is -0.299. The van der Waals surface area contributed by atoms with Gasteiger partial charge in [0.15, 0.2) is 11.5 Å². The van der Waals surface area contributed by atoms with Crippen LogP contribution in [0.3, 0.4) is 0 Å². The quantitative estimate of drug-likeness (QED) is 0.183. The number of pyridine rings is 1. The molecule has 48 heavy (non-hydrogen) atoms. The molecule has 2 amide bonds. The number of anilines is 1. The van der Waals surface area contributed by atoms with E-state index in [0.717, 1.165) is 28.1 Å². The molecule has 0 fully saturated rings. The SMILES string of the molecule is Cc1ccc(-n2nc(C(C)(C)C)cc2NC(=O)N[C@@H]2CC[C@H](Oc3ccc4nnc(-c5c(Cl)cccc5Cl)n4c3)c3ccccc32)cc1. The van der Waals surface area contributed by atoms with Crippen molar-refractivity contribution >= 4 is 40.7 Å². The van der Waals surface area contributed by atoms with Gasteiger partial charge in [-0.2, -0.15) is 5.10 Å². The molecule has 2 N–H and O–H groups in total. The summed E-state index contributed by atoms with van der Waals surface area (Å²) in [6, 6.07) is 26.7. The van der Waals surface area contributed by atoms with E-state index < -0.39 is 0 Å². The maximum atomic E-state index is 13.5. The normalized spacial score (nSPS) is 16.0. The third kappa shape index (κ3) is 6.23. The largest absolute Gasteiger partial charge is 0.484 e. The number of ether oxygens (including phenoxy) is 1. The van der Waals surface area contributed by atoms with Crippen LogP contribution < -0.4 is 15.4 Å². The third-order valence-electron chi connectivity index (χ3n) is 8.58. The fourth-order valence-corrected chi connectivity index (χ4v) is 6.61. The van der Waals surface area contributed by atoms with Crippen LogP contribution >= 0.6 is 23.2 Å². The maximum absolute atomic E-state index is 13.5. The molecule has 3 aromatic heterocycles. The highest BCUT2D eigenvalue weighted by Gasteiger charge is 2.30. The summed E-state index contributed by atoms with van der Waals surface area (Å²) in [6.45, 7) is 8.36. The third-order valence-corrected chi connectivity index (χ3v) is 9.21. The molecule has 0 aliphatic heterocycles. The van der Waals surface area contributed by atoms with Crippen LogP contribution in [0.25, 0.3) is 22.7 Å². The second kappa shape index (κ2) is 12.6.